The lowest BCUT2D eigenvalue weighted by Gasteiger charge is -2.27. The van der Waals surface area contributed by atoms with Crippen LogP contribution in [-0.4, -0.2) is 23.4 Å². The highest BCUT2D eigenvalue weighted by atomic mass is 32.1. The predicted octanol–water partition coefficient (Wildman–Crippen LogP) is 5.59. The molecule has 3 aromatic rings. The zero-order valence-electron chi connectivity index (χ0n) is 17.2. The zero-order chi connectivity index (χ0) is 21.3. The molecule has 0 aromatic heterocycles. The minimum Gasteiger partial charge on any atom is -0.508 e. The van der Waals surface area contributed by atoms with Crippen LogP contribution in [0, 0.1) is 0 Å². The summed E-state index contributed by atoms with van der Waals surface area (Å²) >= 11 is 5.72. The van der Waals surface area contributed by atoms with E-state index in [0.29, 0.717) is 24.9 Å². The molecule has 2 N–H and O–H groups in total. The molecule has 0 radical (unpaired) electrons. The van der Waals surface area contributed by atoms with Crippen molar-refractivity contribution < 1.29 is 14.6 Å². The van der Waals surface area contributed by atoms with E-state index in [2.05, 4.69) is 5.32 Å². The highest BCUT2D eigenvalue weighted by molar-refractivity contribution is 7.80. The van der Waals surface area contributed by atoms with E-state index in [9.17, 15) is 5.11 Å². The first-order chi connectivity index (χ1) is 14.6. The number of para-hydroxylation sites is 1. The second-order valence-electron chi connectivity index (χ2n) is 6.53. The molecule has 0 fully saturated rings. The first kappa shape index (κ1) is 21.5. The summed E-state index contributed by atoms with van der Waals surface area (Å²) in [5.41, 5.74) is 2.53. The highest BCUT2D eigenvalue weighted by Gasteiger charge is 2.15. The van der Waals surface area contributed by atoms with Gasteiger partial charge in [0.2, 0.25) is 0 Å². The van der Waals surface area contributed by atoms with Crippen molar-refractivity contribution in [3.8, 4) is 17.2 Å². The Kier molecular flexibility index (Phi) is 7.51. The molecule has 6 heteroatoms. The van der Waals surface area contributed by atoms with E-state index >= 15 is 0 Å². The van der Waals surface area contributed by atoms with Gasteiger partial charge in [-0.2, -0.15) is 0 Å². The summed E-state index contributed by atoms with van der Waals surface area (Å²) < 4.78 is 11.0. The van der Waals surface area contributed by atoms with Gasteiger partial charge in [-0.05, 0) is 80.7 Å². The van der Waals surface area contributed by atoms with Gasteiger partial charge in [0.15, 0.2) is 5.11 Å². The first-order valence-corrected chi connectivity index (χ1v) is 10.3. The van der Waals surface area contributed by atoms with Gasteiger partial charge in [0.05, 0.1) is 19.8 Å². The van der Waals surface area contributed by atoms with E-state index in [1.54, 1.807) is 12.1 Å². The topological polar surface area (TPSA) is 54.0 Å². The predicted molar refractivity (Wildman–Crippen MR) is 126 cm³/mol. The smallest absolute Gasteiger partial charge is 0.178 e. The number of benzene rings is 3. The van der Waals surface area contributed by atoms with E-state index in [1.165, 1.54) is 0 Å². The van der Waals surface area contributed by atoms with Crippen LogP contribution in [0.1, 0.15) is 19.4 Å². The standard InChI is InChI=1S/C24H26N2O3S/c1-3-28-21-13-9-19(10-14-21)25-24(30)26(17-18-7-5-6-8-23(18)27)20-11-15-22(16-12-20)29-4-2/h5-16,27H,3-4,17H2,1-2H3,(H,25,30). The molecule has 0 spiro atoms. The van der Waals surface area contributed by atoms with Gasteiger partial charge in [-0.15, -0.1) is 0 Å². The van der Waals surface area contributed by atoms with Crippen LogP contribution in [0.3, 0.4) is 0 Å². The number of phenolic OH excluding ortho intramolecular Hbond substituents is 1. The van der Waals surface area contributed by atoms with E-state index in [4.69, 9.17) is 21.7 Å². The van der Waals surface area contributed by atoms with Crippen LogP contribution in [0.5, 0.6) is 17.2 Å². The van der Waals surface area contributed by atoms with Crippen molar-refractivity contribution in [2.24, 2.45) is 0 Å². The minimum absolute atomic E-state index is 0.234. The van der Waals surface area contributed by atoms with E-state index < -0.39 is 0 Å². The Morgan fingerprint density at radius 3 is 2.00 bits per heavy atom. The Bertz CT molecular complexity index is 959. The largest absolute Gasteiger partial charge is 0.508 e. The molecule has 3 rings (SSSR count). The molecular weight excluding hydrogens is 396 g/mol. The third-order valence-corrected chi connectivity index (χ3v) is 4.76. The average molecular weight is 423 g/mol. The van der Waals surface area contributed by atoms with Crippen molar-refractivity contribution in [3.05, 3.63) is 78.4 Å². The maximum absolute atomic E-state index is 10.2. The number of hydrogen-bond donors (Lipinski definition) is 2. The Hall–Kier alpha value is -3.25. The Balaban J connectivity index is 1.83. The summed E-state index contributed by atoms with van der Waals surface area (Å²) in [6.07, 6.45) is 0. The number of phenols is 1. The van der Waals surface area contributed by atoms with Crippen LogP contribution in [-0.2, 0) is 6.54 Å². The lowest BCUT2D eigenvalue weighted by Crippen LogP contribution is -2.34. The summed E-state index contributed by atoms with van der Waals surface area (Å²) in [6.45, 7) is 5.56. The molecule has 0 saturated heterocycles. The molecule has 30 heavy (non-hydrogen) atoms. The van der Waals surface area contributed by atoms with E-state index in [0.717, 1.165) is 28.4 Å². The fourth-order valence-electron chi connectivity index (χ4n) is 2.98. The number of hydrogen-bond acceptors (Lipinski definition) is 4. The molecule has 0 bridgehead atoms. The van der Waals surface area contributed by atoms with Crippen LogP contribution in [0.25, 0.3) is 0 Å². The number of nitrogens with one attached hydrogen (secondary N) is 1. The van der Waals surface area contributed by atoms with Crippen molar-refractivity contribution in [3.63, 3.8) is 0 Å². The van der Waals surface area contributed by atoms with Gasteiger partial charge >= 0.3 is 0 Å². The molecule has 0 aliphatic rings. The van der Waals surface area contributed by atoms with E-state index in [-0.39, 0.29) is 5.75 Å². The molecule has 0 aliphatic heterocycles. The third kappa shape index (κ3) is 5.64. The van der Waals surface area contributed by atoms with Gasteiger partial charge in [0, 0.05) is 16.9 Å². The van der Waals surface area contributed by atoms with Crippen LogP contribution in [0.2, 0.25) is 0 Å². The van der Waals surface area contributed by atoms with Gasteiger partial charge in [-0.25, -0.2) is 0 Å². The molecule has 0 amide bonds. The molecule has 0 atom stereocenters. The average Bonchev–Trinajstić information content (AvgIpc) is 2.76. The van der Waals surface area contributed by atoms with Gasteiger partial charge in [-0.3, -0.25) is 0 Å². The van der Waals surface area contributed by atoms with E-state index in [1.807, 2.05) is 79.4 Å². The minimum atomic E-state index is 0.234. The molecule has 5 nitrogen and oxygen atoms in total. The zero-order valence-corrected chi connectivity index (χ0v) is 18.0. The number of thiocarbonyl (C=S) groups is 1. The Morgan fingerprint density at radius 1 is 0.867 bits per heavy atom. The van der Waals surface area contributed by atoms with Crippen LogP contribution in [0.4, 0.5) is 11.4 Å². The van der Waals surface area contributed by atoms with Gasteiger partial charge in [0.1, 0.15) is 17.2 Å². The van der Waals surface area contributed by atoms with Gasteiger partial charge in [0.25, 0.3) is 0 Å². The van der Waals surface area contributed by atoms with Crippen molar-refractivity contribution in [1.82, 2.24) is 0 Å². The maximum atomic E-state index is 10.2. The van der Waals surface area contributed by atoms with Crippen molar-refractivity contribution in [2.45, 2.75) is 20.4 Å². The lowest BCUT2D eigenvalue weighted by molar-refractivity contribution is 0.340. The van der Waals surface area contributed by atoms with Crippen LogP contribution < -0.4 is 19.7 Å². The fourth-order valence-corrected chi connectivity index (χ4v) is 3.26. The summed E-state index contributed by atoms with van der Waals surface area (Å²) in [7, 11) is 0. The molecular formula is C24H26N2O3S. The highest BCUT2D eigenvalue weighted by Crippen LogP contribution is 2.26. The molecule has 156 valence electrons. The molecule has 0 aliphatic carbocycles. The maximum Gasteiger partial charge on any atom is 0.178 e. The summed E-state index contributed by atoms with van der Waals surface area (Å²) in [5, 5.41) is 14.0. The SMILES string of the molecule is CCOc1ccc(NC(=S)N(Cc2ccccc2O)c2ccc(OCC)cc2)cc1. The lowest BCUT2D eigenvalue weighted by atomic mass is 10.1. The van der Waals surface area contributed by atoms with Gasteiger partial charge in [-0.1, -0.05) is 18.2 Å². The number of ether oxygens (including phenoxy) is 2. The Labute approximate surface area is 182 Å². The number of anilines is 2. The van der Waals surface area contributed by atoms with Crippen molar-refractivity contribution in [1.29, 1.82) is 0 Å². The molecule has 0 unspecified atom stereocenters. The van der Waals surface area contributed by atoms with Crippen LogP contribution in [0.15, 0.2) is 72.8 Å². The monoisotopic (exact) mass is 422 g/mol. The molecule has 3 aromatic carbocycles. The fraction of sp³-hybridized carbons (Fsp3) is 0.208. The molecule has 0 heterocycles. The second kappa shape index (κ2) is 10.5. The summed E-state index contributed by atoms with van der Waals surface area (Å²) in [5.74, 6) is 1.85. The molecule has 0 saturated carbocycles. The van der Waals surface area contributed by atoms with Gasteiger partial charge < -0.3 is 24.8 Å². The quantitative estimate of drug-likeness (QED) is 0.461. The normalized spacial score (nSPS) is 10.3. The number of rotatable bonds is 8. The van der Waals surface area contributed by atoms with Crippen molar-refractivity contribution >= 4 is 28.7 Å². The van der Waals surface area contributed by atoms with Crippen molar-refractivity contribution in [2.75, 3.05) is 23.4 Å². The summed E-state index contributed by atoms with van der Waals surface area (Å²) in [6, 6.07) is 22.6. The second-order valence-corrected chi connectivity index (χ2v) is 6.92. The number of aromatic hydroxyl groups is 1. The summed E-state index contributed by atoms with van der Waals surface area (Å²) in [4.78, 5) is 1.94. The Morgan fingerprint density at radius 2 is 1.43 bits per heavy atom. The number of nitrogens with zero attached hydrogens (tertiary/aromatic N) is 1. The van der Waals surface area contributed by atoms with Crippen LogP contribution >= 0.6 is 12.2 Å². The first-order valence-electron chi connectivity index (χ1n) is 9.91. The third-order valence-electron chi connectivity index (χ3n) is 4.44.